The molecule has 2 unspecified atom stereocenters. The van der Waals surface area contributed by atoms with Crippen molar-refractivity contribution in [1.29, 1.82) is 5.41 Å². The molecule has 4 heteroatoms. The first kappa shape index (κ1) is 27.6. The summed E-state index contributed by atoms with van der Waals surface area (Å²) in [6, 6.07) is 8.55. The molecule has 1 aliphatic carbocycles. The average Bonchev–Trinajstić information content (AvgIpc) is 3.74. The summed E-state index contributed by atoms with van der Waals surface area (Å²) in [5.41, 5.74) is 9.47. The van der Waals surface area contributed by atoms with Crippen LogP contribution in [-0.2, 0) is 4.74 Å². The Morgan fingerprint density at radius 1 is 1.11 bits per heavy atom. The highest BCUT2D eigenvalue weighted by molar-refractivity contribution is 5.93. The zero-order chi connectivity index (χ0) is 26.5. The molecule has 1 aromatic rings. The lowest BCUT2D eigenvalue weighted by molar-refractivity contribution is 0.00885. The highest BCUT2D eigenvalue weighted by atomic mass is 16.5. The first-order chi connectivity index (χ1) is 18.5. The van der Waals surface area contributed by atoms with Crippen LogP contribution in [0.5, 0.6) is 0 Å². The van der Waals surface area contributed by atoms with Crippen molar-refractivity contribution in [2.45, 2.75) is 96.6 Å². The van der Waals surface area contributed by atoms with Gasteiger partial charge in [0.1, 0.15) is 0 Å². The maximum Gasteiger partial charge on any atom is 0.0621 e. The predicted octanol–water partition coefficient (Wildman–Crippen LogP) is 7.20. The summed E-state index contributed by atoms with van der Waals surface area (Å²) in [6.07, 6.45) is 17.1. The van der Waals surface area contributed by atoms with E-state index in [1.165, 1.54) is 78.6 Å². The fraction of sp³-hybridized carbons (Fsp3) is 0.618. The number of nitrogens with one attached hydrogen (secondary N) is 2. The molecule has 1 aromatic carbocycles. The summed E-state index contributed by atoms with van der Waals surface area (Å²) in [5.74, 6) is 1.08. The zero-order valence-corrected chi connectivity index (χ0v) is 24.0. The molecule has 4 aliphatic rings. The molecule has 3 heterocycles. The van der Waals surface area contributed by atoms with Gasteiger partial charge in [-0.2, -0.15) is 0 Å². The van der Waals surface area contributed by atoms with Crippen LogP contribution in [0.15, 0.2) is 47.6 Å². The minimum atomic E-state index is 0.437. The summed E-state index contributed by atoms with van der Waals surface area (Å²) in [6.45, 7) is 12.4. The molecule has 0 bridgehead atoms. The normalized spacial score (nSPS) is 28.6. The predicted molar refractivity (Wildman–Crippen MR) is 160 cm³/mol. The Hall–Kier alpha value is -2.01. The van der Waals surface area contributed by atoms with E-state index in [9.17, 15) is 0 Å². The second kappa shape index (κ2) is 12.9. The molecule has 4 nitrogen and oxygen atoms in total. The minimum absolute atomic E-state index is 0.437. The van der Waals surface area contributed by atoms with Gasteiger partial charge >= 0.3 is 0 Å². The van der Waals surface area contributed by atoms with Crippen molar-refractivity contribution in [3.8, 4) is 0 Å². The number of aryl methyl sites for hydroxylation is 1. The number of hydrogen-bond donors (Lipinski definition) is 2. The van der Waals surface area contributed by atoms with E-state index in [0.29, 0.717) is 23.9 Å². The Balaban J connectivity index is 1.45. The van der Waals surface area contributed by atoms with Crippen molar-refractivity contribution >= 4 is 11.3 Å². The number of allylic oxidation sites excluding steroid dienone is 5. The third kappa shape index (κ3) is 6.94. The fourth-order valence-electron chi connectivity index (χ4n) is 6.76. The smallest absolute Gasteiger partial charge is 0.0621 e. The van der Waals surface area contributed by atoms with Gasteiger partial charge < -0.3 is 15.5 Å². The van der Waals surface area contributed by atoms with Crippen molar-refractivity contribution in [3.63, 3.8) is 0 Å². The number of rotatable bonds is 7. The second-order valence-corrected chi connectivity index (χ2v) is 12.4. The van der Waals surface area contributed by atoms with Crippen LogP contribution < -0.4 is 5.32 Å². The Bertz CT molecular complexity index is 1060. The van der Waals surface area contributed by atoms with Crippen LogP contribution in [0.1, 0.15) is 94.2 Å². The molecule has 2 N–H and O–H groups in total. The largest absolute Gasteiger partial charge is 0.380 e. The Morgan fingerprint density at radius 3 is 2.63 bits per heavy atom. The van der Waals surface area contributed by atoms with Crippen molar-refractivity contribution in [2.24, 2.45) is 5.92 Å². The molecule has 206 valence electrons. The fourth-order valence-corrected chi connectivity index (χ4v) is 6.76. The molecule has 3 saturated heterocycles. The number of piperidine rings is 1. The van der Waals surface area contributed by atoms with Gasteiger partial charge in [0.15, 0.2) is 0 Å². The first-order valence-electron chi connectivity index (χ1n) is 15.3. The van der Waals surface area contributed by atoms with Crippen molar-refractivity contribution in [2.75, 3.05) is 32.8 Å². The van der Waals surface area contributed by atoms with Crippen LogP contribution in [0.25, 0.3) is 5.57 Å². The summed E-state index contributed by atoms with van der Waals surface area (Å²) in [5, 5.41) is 11.9. The Labute approximate surface area is 231 Å². The molecule has 0 aromatic heterocycles. The number of hydrogen-bond acceptors (Lipinski definition) is 4. The number of nitrogens with zero attached hydrogens (tertiary/aromatic N) is 1. The molecular formula is C34H49N3O. The van der Waals surface area contributed by atoms with Gasteiger partial charge in [0.05, 0.1) is 6.61 Å². The molecule has 38 heavy (non-hydrogen) atoms. The van der Waals surface area contributed by atoms with E-state index in [4.69, 9.17) is 10.1 Å². The van der Waals surface area contributed by atoms with Gasteiger partial charge in [-0.05, 0) is 129 Å². The van der Waals surface area contributed by atoms with Gasteiger partial charge in [0.2, 0.25) is 0 Å². The molecule has 0 amide bonds. The summed E-state index contributed by atoms with van der Waals surface area (Å²) in [4.78, 5) is 2.69. The van der Waals surface area contributed by atoms with Crippen LogP contribution in [0, 0.1) is 18.3 Å². The third-order valence-electron chi connectivity index (χ3n) is 9.13. The maximum atomic E-state index is 8.37. The zero-order valence-electron chi connectivity index (χ0n) is 24.0. The lowest BCUT2D eigenvalue weighted by Gasteiger charge is -2.39. The Kier molecular flexibility index (Phi) is 9.35. The van der Waals surface area contributed by atoms with Gasteiger partial charge in [0, 0.05) is 30.9 Å². The van der Waals surface area contributed by atoms with E-state index < -0.39 is 0 Å². The molecular weight excluding hydrogens is 466 g/mol. The van der Waals surface area contributed by atoms with Crippen LogP contribution >= 0.6 is 0 Å². The van der Waals surface area contributed by atoms with Crippen LogP contribution in [-0.4, -0.2) is 55.5 Å². The molecule has 0 radical (unpaired) electrons. The maximum absolute atomic E-state index is 8.37. The highest BCUT2D eigenvalue weighted by Gasteiger charge is 2.29. The standard InChI is InChI=1S/C34H49N3O/c1-24(2)34(33(21-30-22-36-30)27-8-5-4-6-9-29(35)14-13-27)32-20-28(12-11-25(32)3)26-15-17-37(18-16-26)31-10-7-19-38-23-31/h8,11-14,20,24,26,30-31,35-36H,4-7,9-10,15-19,21-23H2,1-3H3/b14-13-,27-8+,34-33+,35-29?. The van der Waals surface area contributed by atoms with Gasteiger partial charge in [-0.1, -0.05) is 44.2 Å². The SMILES string of the molecule is Cc1ccc(C2CCN(C3CCCOC3)CC2)cc1/C(=C(CC1CN1)/C1=C/CCCCC(=N)/C=C\1)C(C)C. The van der Waals surface area contributed by atoms with E-state index in [1.54, 1.807) is 0 Å². The van der Waals surface area contributed by atoms with Gasteiger partial charge in [-0.25, -0.2) is 0 Å². The van der Waals surface area contributed by atoms with Gasteiger partial charge in [0.25, 0.3) is 0 Å². The van der Waals surface area contributed by atoms with Crippen LogP contribution in [0.2, 0.25) is 0 Å². The van der Waals surface area contributed by atoms with Gasteiger partial charge in [-0.15, -0.1) is 0 Å². The number of likely N-dealkylation sites (tertiary alicyclic amines) is 1. The minimum Gasteiger partial charge on any atom is -0.380 e. The van der Waals surface area contributed by atoms with Crippen molar-refractivity contribution in [3.05, 3.63) is 64.3 Å². The van der Waals surface area contributed by atoms with E-state index in [-0.39, 0.29) is 0 Å². The molecule has 5 rings (SSSR count). The Morgan fingerprint density at radius 2 is 1.92 bits per heavy atom. The van der Waals surface area contributed by atoms with Crippen molar-refractivity contribution < 1.29 is 4.74 Å². The van der Waals surface area contributed by atoms with E-state index in [1.807, 2.05) is 0 Å². The molecule has 0 saturated carbocycles. The molecule has 3 fully saturated rings. The van der Waals surface area contributed by atoms with Gasteiger partial charge in [-0.3, -0.25) is 4.90 Å². The molecule has 2 atom stereocenters. The quantitative estimate of drug-likeness (QED) is 0.378. The topological polar surface area (TPSA) is 58.3 Å². The summed E-state index contributed by atoms with van der Waals surface area (Å²) < 4.78 is 5.78. The summed E-state index contributed by atoms with van der Waals surface area (Å²) >= 11 is 0. The van der Waals surface area contributed by atoms with E-state index in [0.717, 1.165) is 51.2 Å². The monoisotopic (exact) mass is 515 g/mol. The highest BCUT2D eigenvalue weighted by Crippen LogP contribution is 2.39. The summed E-state index contributed by atoms with van der Waals surface area (Å²) in [7, 11) is 0. The van der Waals surface area contributed by atoms with E-state index in [2.05, 4.69) is 67.4 Å². The second-order valence-electron chi connectivity index (χ2n) is 12.4. The van der Waals surface area contributed by atoms with E-state index >= 15 is 0 Å². The number of ether oxygens (including phenoxy) is 1. The molecule has 0 spiro atoms. The average molecular weight is 516 g/mol. The number of benzene rings is 1. The lowest BCUT2D eigenvalue weighted by Crippen LogP contribution is -2.45. The van der Waals surface area contributed by atoms with Crippen molar-refractivity contribution in [1.82, 2.24) is 10.2 Å². The van der Waals surface area contributed by atoms with Crippen LogP contribution in [0.3, 0.4) is 0 Å². The first-order valence-corrected chi connectivity index (χ1v) is 15.3. The third-order valence-corrected chi connectivity index (χ3v) is 9.13. The molecule has 3 aliphatic heterocycles. The lowest BCUT2D eigenvalue weighted by atomic mass is 9.80. The van der Waals surface area contributed by atoms with Crippen LogP contribution in [0.4, 0.5) is 0 Å².